The van der Waals surface area contributed by atoms with Crippen molar-refractivity contribution in [1.29, 1.82) is 0 Å². The molecule has 0 fully saturated rings. The number of fused-ring (bicyclic) bond motifs is 1. The fourth-order valence-electron chi connectivity index (χ4n) is 3.06. The van der Waals surface area contributed by atoms with Gasteiger partial charge in [-0.3, -0.25) is 0 Å². The minimum atomic E-state index is 0.757. The van der Waals surface area contributed by atoms with E-state index >= 15 is 0 Å². The van der Waals surface area contributed by atoms with E-state index in [2.05, 4.69) is 0 Å². The summed E-state index contributed by atoms with van der Waals surface area (Å²) in [5.74, 6) is 3.03. The monoisotopic (exact) mass is 320 g/mol. The lowest BCUT2D eigenvalue weighted by molar-refractivity contribution is 0.414. The predicted molar refractivity (Wildman–Crippen MR) is 92.5 cm³/mol. The zero-order chi connectivity index (χ0) is 16.5. The lowest BCUT2D eigenvalue weighted by Gasteiger charge is -2.15. The molecule has 24 heavy (non-hydrogen) atoms. The molecule has 4 aromatic rings. The third-order valence-corrected chi connectivity index (χ3v) is 4.10. The first-order valence-electron chi connectivity index (χ1n) is 7.59. The molecule has 0 aliphatic carbocycles. The summed E-state index contributed by atoms with van der Waals surface area (Å²) in [5, 5.41) is 2.02. The maximum Gasteiger partial charge on any atom is 0.138 e. The van der Waals surface area contributed by atoms with Crippen LogP contribution in [0.15, 0.2) is 69.9 Å². The van der Waals surface area contributed by atoms with E-state index in [1.165, 1.54) is 0 Å². The molecule has 0 aliphatic heterocycles. The van der Waals surface area contributed by atoms with Crippen LogP contribution in [0.4, 0.5) is 0 Å². The number of hydrogen-bond donors (Lipinski definition) is 0. The Morgan fingerprint density at radius 2 is 1.08 bits per heavy atom. The molecule has 0 bridgehead atoms. The van der Waals surface area contributed by atoms with Crippen LogP contribution in [0.5, 0.6) is 11.5 Å². The van der Waals surface area contributed by atoms with Crippen LogP contribution in [0.1, 0.15) is 0 Å². The van der Waals surface area contributed by atoms with E-state index in [4.69, 9.17) is 18.3 Å². The van der Waals surface area contributed by atoms with Gasteiger partial charge >= 0.3 is 0 Å². The van der Waals surface area contributed by atoms with Gasteiger partial charge in [0.1, 0.15) is 23.0 Å². The van der Waals surface area contributed by atoms with Crippen molar-refractivity contribution in [3.8, 4) is 34.1 Å². The van der Waals surface area contributed by atoms with E-state index in [1.54, 1.807) is 26.7 Å². The Balaban J connectivity index is 2.11. The average molecular weight is 320 g/mol. The van der Waals surface area contributed by atoms with Gasteiger partial charge in [0.25, 0.3) is 0 Å². The van der Waals surface area contributed by atoms with Crippen molar-refractivity contribution in [2.45, 2.75) is 0 Å². The van der Waals surface area contributed by atoms with Crippen LogP contribution in [0.2, 0.25) is 0 Å². The summed E-state index contributed by atoms with van der Waals surface area (Å²) in [6.07, 6.45) is 3.31. The van der Waals surface area contributed by atoms with Gasteiger partial charge in [-0.15, -0.1) is 0 Å². The van der Waals surface area contributed by atoms with Crippen LogP contribution >= 0.6 is 0 Å². The Labute approximate surface area is 139 Å². The first kappa shape index (κ1) is 14.5. The Morgan fingerprint density at radius 1 is 0.625 bits per heavy atom. The van der Waals surface area contributed by atoms with Crippen molar-refractivity contribution in [3.63, 3.8) is 0 Å². The molecule has 0 radical (unpaired) electrons. The van der Waals surface area contributed by atoms with Crippen molar-refractivity contribution < 1.29 is 18.3 Å². The fraction of sp³-hybridized carbons (Fsp3) is 0.100. The molecule has 0 amide bonds. The highest BCUT2D eigenvalue weighted by molar-refractivity contribution is 6.06. The van der Waals surface area contributed by atoms with Gasteiger partial charge in [0.05, 0.1) is 37.9 Å². The van der Waals surface area contributed by atoms with Crippen LogP contribution in [0.3, 0.4) is 0 Å². The molecule has 4 rings (SSSR count). The summed E-state index contributed by atoms with van der Waals surface area (Å²) in [7, 11) is 3.31. The van der Waals surface area contributed by atoms with Crippen LogP contribution in [-0.4, -0.2) is 14.2 Å². The standard InChI is InChI=1S/C20H16O4/c1-21-15-9-7-14-13(19(15)17-5-3-11-23-17)8-10-16(22-2)20(14)18-6-4-12-24-18/h3-12H,1-2H3. The van der Waals surface area contributed by atoms with Crippen molar-refractivity contribution in [2.24, 2.45) is 0 Å². The number of rotatable bonds is 4. The maximum absolute atomic E-state index is 5.62. The first-order valence-corrected chi connectivity index (χ1v) is 7.59. The maximum atomic E-state index is 5.62. The van der Waals surface area contributed by atoms with Crippen molar-refractivity contribution in [3.05, 3.63) is 61.1 Å². The molecular formula is C20H16O4. The topological polar surface area (TPSA) is 44.7 Å². The third-order valence-electron chi connectivity index (χ3n) is 4.10. The molecule has 0 spiro atoms. The molecule has 2 aromatic heterocycles. The number of benzene rings is 2. The van der Waals surface area contributed by atoms with Crippen LogP contribution in [0.25, 0.3) is 33.4 Å². The number of hydrogen-bond acceptors (Lipinski definition) is 4. The van der Waals surface area contributed by atoms with E-state index in [9.17, 15) is 0 Å². The van der Waals surface area contributed by atoms with E-state index in [0.717, 1.165) is 44.9 Å². The van der Waals surface area contributed by atoms with Crippen LogP contribution in [0, 0.1) is 0 Å². The minimum absolute atomic E-state index is 0.757. The molecule has 2 heterocycles. The average Bonchev–Trinajstić information content (AvgIpc) is 3.33. The van der Waals surface area contributed by atoms with E-state index in [1.807, 2.05) is 48.5 Å². The fourth-order valence-corrected chi connectivity index (χ4v) is 3.06. The summed E-state index contributed by atoms with van der Waals surface area (Å²) >= 11 is 0. The van der Waals surface area contributed by atoms with Crippen LogP contribution < -0.4 is 9.47 Å². The van der Waals surface area contributed by atoms with E-state index < -0.39 is 0 Å². The lowest BCUT2D eigenvalue weighted by Crippen LogP contribution is -1.93. The second-order valence-corrected chi connectivity index (χ2v) is 5.34. The smallest absolute Gasteiger partial charge is 0.138 e. The quantitative estimate of drug-likeness (QED) is 0.506. The molecule has 0 saturated carbocycles. The van der Waals surface area contributed by atoms with Gasteiger partial charge in [-0.1, -0.05) is 0 Å². The summed E-state index contributed by atoms with van der Waals surface area (Å²) in [6, 6.07) is 15.5. The molecule has 0 unspecified atom stereocenters. The second kappa shape index (κ2) is 5.81. The molecule has 120 valence electrons. The summed E-state index contributed by atoms with van der Waals surface area (Å²) < 4.78 is 22.3. The predicted octanol–water partition coefficient (Wildman–Crippen LogP) is 5.38. The number of ether oxygens (including phenoxy) is 2. The van der Waals surface area contributed by atoms with Gasteiger partial charge in [0.2, 0.25) is 0 Å². The summed E-state index contributed by atoms with van der Waals surface area (Å²) in [4.78, 5) is 0. The molecule has 0 saturated heterocycles. The van der Waals surface area contributed by atoms with E-state index in [-0.39, 0.29) is 0 Å². The second-order valence-electron chi connectivity index (χ2n) is 5.34. The highest BCUT2D eigenvalue weighted by Gasteiger charge is 2.19. The van der Waals surface area contributed by atoms with Gasteiger partial charge < -0.3 is 18.3 Å². The Hall–Kier alpha value is -3.14. The SMILES string of the molecule is COc1ccc2c(-c3ccco3)c(OC)ccc2c1-c1ccco1. The van der Waals surface area contributed by atoms with Gasteiger partial charge in [-0.25, -0.2) is 0 Å². The van der Waals surface area contributed by atoms with Gasteiger partial charge in [0.15, 0.2) is 0 Å². The van der Waals surface area contributed by atoms with Crippen molar-refractivity contribution in [1.82, 2.24) is 0 Å². The molecular weight excluding hydrogens is 304 g/mol. The largest absolute Gasteiger partial charge is 0.496 e. The summed E-state index contributed by atoms with van der Waals surface area (Å²) in [5.41, 5.74) is 1.82. The highest BCUT2D eigenvalue weighted by atomic mass is 16.5. The molecule has 0 aliphatic rings. The first-order chi connectivity index (χ1) is 11.8. The summed E-state index contributed by atoms with van der Waals surface area (Å²) in [6.45, 7) is 0. The third kappa shape index (κ3) is 2.15. The van der Waals surface area contributed by atoms with Crippen molar-refractivity contribution in [2.75, 3.05) is 14.2 Å². The molecule has 2 aromatic carbocycles. The Kier molecular flexibility index (Phi) is 3.50. The molecule has 4 heteroatoms. The normalized spacial score (nSPS) is 10.9. The lowest BCUT2D eigenvalue weighted by atomic mass is 9.96. The zero-order valence-electron chi connectivity index (χ0n) is 13.4. The van der Waals surface area contributed by atoms with Gasteiger partial charge in [-0.05, 0) is 59.3 Å². The molecule has 0 N–H and O–H groups in total. The number of methoxy groups -OCH3 is 2. The van der Waals surface area contributed by atoms with Gasteiger partial charge in [0, 0.05) is 0 Å². The molecule has 0 atom stereocenters. The Morgan fingerprint density at radius 3 is 1.42 bits per heavy atom. The zero-order valence-corrected chi connectivity index (χ0v) is 13.4. The Bertz CT molecular complexity index is 885. The minimum Gasteiger partial charge on any atom is -0.496 e. The van der Waals surface area contributed by atoms with Crippen molar-refractivity contribution >= 4 is 10.8 Å². The van der Waals surface area contributed by atoms with E-state index in [0.29, 0.717) is 0 Å². The van der Waals surface area contributed by atoms with Gasteiger partial charge in [-0.2, -0.15) is 0 Å². The molecule has 4 nitrogen and oxygen atoms in total. The highest BCUT2D eigenvalue weighted by Crippen LogP contribution is 2.44. The van der Waals surface area contributed by atoms with Crippen LogP contribution in [-0.2, 0) is 0 Å². The number of furan rings is 2.